The molecule has 0 amide bonds. The molecule has 0 atom stereocenters. The molecule has 74 valence electrons. The molecule has 6 heteroatoms. The lowest BCUT2D eigenvalue weighted by Gasteiger charge is -2.01. The van der Waals surface area contributed by atoms with Crippen molar-refractivity contribution in [1.82, 2.24) is 19.5 Å². The van der Waals surface area contributed by atoms with E-state index in [0.717, 1.165) is 16.9 Å². The quantitative estimate of drug-likeness (QED) is 0.731. The fraction of sp³-hybridized carbons (Fsp3) is 0.375. The van der Waals surface area contributed by atoms with Crippen molar-refractivity contribution in [3.8, 4) is 0 Å². The molecule has 0 aromatic carbocycles. The molecule has 2 aromatic rings. The van der Waals surface area contributed by atoms with Crippen molar-refractivity contribution in [2.24, 2.45) is 7.05 Å². The summed E-state index contributed by atoms with van der Waals surface area (Å²) in [4.78, 5) is 12.3. The number of anilines is 1. The number of nitrogens with two attached hydrogens (primary N) is 1. The third-order valence-corrected chi connectivity index (χ3v) is 1.93. The maximum absolute atomic E-state index is 5.56. The van der Waals surface area contributed by atoms with E-state index < -0.39 is 0 Å². The Hall–Kier alpha value is -1.69. The van der Waals surface area contributed by atoms with Gasteiger partial charge in [-0.2, -0.15) is 4.98 Å². The molecule has 0 fully saturated rings. The number of methoxy groups -OCH3 is 1. The minimum Gasteiger partial charge on any atom is -0.378 e. The van der Waals surface area contributed by atoms with Gasteiger partial charge < -0.3 is 15.0 Å². The van der Waals surface area contributed by atoms with Gasteiger partial charge in [-0.25, -0.2) is 9.97 Å². The number of fused-ring (bicyclic) bond motifs is 1. The Morgan fingerprint density at radius 2 is 2.29 bits per heavy atom. The second kappa shape index (κ2) is 3.22. The van der Waals surface area contributed by atoms with E-state index in [1.54, 1.807) is 18.0 Å². The minimum atomic E-state index is 0.244. The summed E-state index contributed by atoms with van der Waals surface area (Å²) < 4.78 is 6.80. The molecule has 0 unspecified atom stereocenters. The zero-order valence-electron chi connectivity index (χ0n) is 8.06. The molecular formula is C8H11N5O. The van der Waals surface area contributed by atoms with E-state index >= 15 is 0 Å². The van der Waals surface area contributed by atoms with Crippen molar-refractivity contribution in [1.29, 1.82) is 0 Å². The Morgan fingerprint density at radius 3 is 3.00 bits per heavy atom. The van der Waals surface area contributed by atoms with E-state index in [0.29, 0.717) is 6.61 Å². The summed E-state index contributed by atoms with van der Waals surface area (Å²) >= 11 is 0. The van der Waals surface area contributed by atoms with Crippen LogP contribution in [0.5, 0.6) is 0 Å². The summed E-state index contributed by atoms with van der Waals surface area (Å²) in [6.07, 6.45) is 1.68. The first-order chi connectivity index (χ1) is 6.72. The van der Waals surface area contributed by atoms with Crippen molar-refractivity contribution in [2.75, 3.05) is 12.8 Å². The lowest BCUT2D eigenvalue weighted by Crippen LogP contribution is -2.02. The van der Waals surface area contributed by atoms with E-state index in [1.165, 1.54) is 0 Å². The zero-order valence-corrected chi connectivity index (χ0v) is 8.06. The van der Waals surface area contributed by atoms with Gasteiger partial charge >= 0.3 is 0 Å². The van der Waals surface area contributed by atoms with Crippen LogP contribution in [-0.4, -0.2) is 26.6 Å². The lowest BCUT2D eigenvalue weighted by atomic mass is 10.4. The Morgan fingerprint density at radius 1 is 1.50 bits per heavy atom. The number of hydrogen-bond donors (Lipinski definition) is 1. The summed E-state index contributed by atoms with van der Waals surface area (Å²) in [5.74, 6) is 0.244. The number of nitrogens with zero attached hydrogens (tertiary/aromatic N) is 4. The fourth-order valence-corrected chi connectivity index (χ4v) is 1.32. The van der Waals surface area contributed by atoms with Crippen LogP contribution in [0.4, 0.5) is 5.95 Å². The topological polar surface area (TPSA) is 78.8 Å². The van der Waals surface area contributed by atoms with Gasteiger partial charge in [0.25, 0.3) is 0 Å². The van der Waals surface area contributed by atoms with Crippen molar-refractivity contribution in [3.05, 3.63) is 12.0 Å². The molecule has 0 aliphatic rings. The number of ether oxygens (including phenoxy) is 1. The first kappa shape index (κ1) is 8.89. The average molecular weight is 193 g/mol. The molecule has 2 heterocycles. The fourth-order valence-electron chi connectivity index (χ4n) is 1.32. The maximum atomic E-state index is 5.56. The van der Waals surface area contributed by atoms with E-state index in [-0.39, 0.29) is 5.95 Å². The van der Waals surface area contributed by atoms with Gasteiger partial charge in [0.05, 0.1) is 18.6 Å². The molecule has 2 N–H and O–H groups in total. The summed E-state index contributed by atoms with van der Waals surface area (Å²) in [5.41, 5.74) is 7.75. The third-order valence-electron chi connectivity index (χ3n) is 1.93. The van der Waals surface area contributed by atoms with Gasteiger partial charge in [0.2, 0.25) is 5.95 Å². The van der Waals surface area contributed by atoms with Gasteiger partial charge in [-0.3, -0.25) is 0 Å². The van der Waals surface area contributed by atoms with Crippen LogP contribution < -0.4 is 5.73 Å². The van der Waals surface area contributed by atoms with Crippen molar-refractivity contribution >= 4 is 17.1 Å². The normalized spacial score (nSPS) is 11.0. The first-order valence-corrected chi connectivity index (χ1v) is 4.14. The summed E-state index contributed by atoms with van der Waals surface area (Å²) in [5, 5.41) is 0. The van der Waals surface area contributed by atoms with Crippen LogP contribution >= 0.6 is 0 Å². The van der Waals surface area contributed by atoms with Crippen LogP contribution in [0.15, 0.2) is 6.33 Å². The first-order valence-electron chi connectivity index (χ1n) is 4.14. The van der Waals surface area contributed by atoms with Crippen molar-refractivity contribution in [3.63, 3.8) is 0 Å². The molecule has 2 rings (SSSR count). The van der Waals surface area contributed by atoms with Crippen LogP contribution in [0.1, 0.15) is 5.69 Å². The third kappa shape index (κ3) is 1.29. The summed E-state index contributed by atoms with van der Waals surface area (Å²) in [6.45, 7) is 0.389. The van der Waals surface area contributed by atoms with E-state index in [9.17, 15) is 0 Å². The van der Waals surface area contributed by atoms with Crippen LogP contribution in [0, 0.1) is 0 Å². The molecular weight excluding hydrogens is 182 g/mol. The molecule has 0 aliphatic carbocycles. The maximum Gasteiger partial charge on any atom is 0.222 e. The van der Waals surface area contributed by atoms with Gasteiger partial charge in [0.1, 0.15) is 5.52 Å². The molecule has 0 spiro atoms. The predicted octanol–water partition coefficient (Wildman–Crippen LogP) is 0.0919. The second-order valence-corrected chi connectivity index (χ2v) is 2.99. The Balaban J connectivity index is 2.68. The summed E-state index contributed by atoms with van der Waals surface area (Å²) in [7, 11) is 3.46. The standard InChI is InChI=1S/C8H11N5O/c1-13-4-10-6-5(3-14-2)11-8(9)12-7(6)13/h4H,3H2,1-2H3,(H2,9,11,12). The monoisotopic (exact) mass is 193 g/mol. The number of aromatic nitrogens is 4. The van der Waals surface area contributed by atoms with Gasteiger partial charge in [-0.05, 0) is 0 Å². The number of imidazole rings is 1. The van der Waals surface area contributed by atoms with Crippen LogP contribution in [0.25, 0.3) is 11.2 Å². The van der Waals surface area contributed by atoms with Crippen LogP contribution in [0.3, 0.4) is 0 Å². The Bertz CT molecular complexity index is 464. The van der Waals surface area contributed by atoms with Gasteiger partial charge in [0.15, 0.2) is 5.65 Å². The number of rotatable bonds is 2. The van der Waals surface area contributed by atoms with Gasteiger partial charge in [0, 0.05) is 14.2 Å². The van der Waals surface area contributed by atoms with Gasteiger partial charge in [-0.1, -0.05) is 0 Å². The highest BCUT2D eigenvalue weighted by atomic mass is 16.5. The molecule has 0 saturated heterocycles. The van der Waals surface area contributed by atoms with Crippen LogP contribution in [0.2, 0.25) is 0 Å². The minimum absolute atomic E-state index is 0.244. The molecule has 0 bridgehead atoms. The van der Waals surface area contributed by atoms with E-state index in [1.807, 2.05) is 7.05 Å². The molecule has 0 saturated carbocycles. The Labute approximate surface area is 80.7 Å². The molecule has 0 radical (unpaired) electrons. The number of nitrogen functional groups attached to an aromatic ring is 1. The van der Waals surface area contributed by atoms with Crippen LogP contribution in [-0.2, 0) is 18.4 Å². The largest absolute Gasteiger partial charge is 0.378 e. The SMILES string of the molecule is COCc1nc(N)nc2c1ncn2C. The molecule has 14 heavy (non-hydrogen) atoms. The highest BCUT2D eigenvalue weighted by Crippen LogP contribution is 2.14. The Kier molecular flexibility index (Phi) is 2.05. The van der Waals surface area contributed by atoms with Crippen molar-refractivity contribution < 1.29 is 4.74 Å². The lowest BCUT2D eigenvalue weighted by molar-refractivity contribution is 0.182. The van der Waals surface area contributed by atoms with Crippen molar-refractivity contribution in [2.45, 2.75) is 6.61 Å². The van der Waals surface area contributed by atoms with E-state index in [2.05, 4.69) is 15.0 Å². The smallest absolute Gasteiger partial charge is 0.222 e. The molecule has 2 aromatic heterocycles. The highest BCUT2D eigenvalue weighted by Gasteiger charge is 2.09. The predicted molar refractivity (Wildman–Crippen MR) is 51.4 cm³/mol. The molecule has 0 aliphatic heterocycles. The number of hydrogen-bond acceptors (Lipinski definition) is 5. The highest BCUT2D eigenvalue weighted by molar-refractivity contribution is 5.74. The zero-order chi connectivity index (χ0) is 10.1. The second-order valence-electron chi connectivity index (χ2n) is 2.99. The summed E-state index contributed by atoms with van der Waals surface area (Å²) in [6, 6.07) is 0. The van der Waals surface area contributed by atoms with E-state index in [4.69, 9.17) is 10.5 Å². The molecule has 6 nitrogen and oxygen atoms in total. The van der Waals surface area contributed by atoms with Gasteiger partial charge in [-0.15, -0.1) is 0 Å². The average Bonchev–Trinajstić information content (AvgIpc) is 2.49. The number of aryl methyl sites for hydroxylation is 1.